The molecular formula is C30H32N4O4. The molecule has 0 saturated carbocycles. The first-order valence-corrected chi connectivity index (χ1v) is 12.5. The van der Waals surface area contributed by atoms with Crippen molar-refractivity contribution in [2.45, 2.75) is 33.4 Å². The highest BCUT2D eigenvalue weighted by molar-refractivity contribution is 5.97. The van der Waals surface area contributed by atoms with Crippen LogP contribution in [-0.2, 0) is 25.0 Å². The van der Waals surface area contributed by atoms with Gasteiger partial charge in [0.15, 0.2) is 0 Å². The largest absolute Gasteiger partial charge is 0.489 e. The quantitative estimate of drug-likeness (QED) is 0.321. The second-order valence-corrected chi connectivity index (χ2v) is 9.12. The van der Waals surface area contributed by atoms with Gasteiger partial charge in [-0.25, -0.2) is 4.98 Å². The molecule has 0 unspecified atom stereocenters. The molecule has 0 fully saturated rings. The molecule has 2 aromatic heterocycles. The zero-order valence-electron chi connectivity index (χ0n) is 21.8. The molecule has 8 heteroatoms. The van der Waals surface area contributed by atoms with Crippen LogP contribution in [-0.4, -0.2) is 31.7 Å². The van der Waals surface area contributed by atoms with Crippen LogP contribution in [0.25, 0.3) is 33.2 Å². The standard InChI is InChI=1S/C28H28N4O2.C2H4O2/c1-19-8-6-11-24-27(19)31(2)28(33)26(30-24)23-17-32(15-7-14-29)25-13-12-21(16-22(23)25)34-18-20-9-4-3-5-10-20;1-2(3)4/h3-6,8-13,16-17H,7,14-15,18,29H2,1-2H3;1H3,(H,3,4). The van der Waals surface area contributed by atoms with Crippen LogP contribution >= 0.6 is 0 Å². The van der Waals surface area contributed by atoms with E-state index in [9.17, 15) is 4.79 Å². The van der Waals surface area contributed by atoms with Crippen molar-refractivity contribution in [2.24, 2.45) is 12.8 Å². The van der Waals surface area contributed by atoms with E-state index in [0.717, 1.165) is 64.3 Å². The third-order valence-electron chi connectivity index (χ3n) is 6.25. The molecule has 0 spiro atoms. The first-order chi connectivity index (χ1) is 18.3. The number of nitrogens with two attached hydrogens (primary N) is 1. The molecule has 0 radical (unpaired) electrons. The van der Waals surface area contributed by atoms with Gasteiger partial charge in [0.05, 0.1) is 11.0 Å². The Bertz CT molecular complexity index is 1630. The van der Waals surface area contributed by atoms with Crippen LogP contribution in [0.5, 0.6) is 5.75 Å². The number of hydrogen-bond acceptors (Lipinski definition) is 5. The zero-order valence-corrected chi connectivity index (χ0v) is 21.8. The molecule has 8 nitrogen and oxygen atoms in total. The summed E-state index contributed by atoms with van der Waals surface area (Å²) in [5.74, 6) is -0.0809. The molecule has 3 aromatic carbocycles. The van der Waals surface area contributed by atoms with E-state index in [1.807, 2.05) is 86.9 Å². The summed E-state index contributed by atoms with van der Waals surface area (Å²) in [6.45, 7) is 4.93. The summed E-state index contributed by atoms with van der Waals surface area (Å²) in [6.07, 6.45) is 2.87. The molecule has 0 saturated heterocycles. The Balaban J connectivity index is 0.000000786. The number of benzene rings is 3. The van der Waals surface area contributed by atoms with Gasteiger partial charge in [0.1, 0.15) is 18.1 Å². The summed E-state index contributed by atoms with van der Waals surface area (Å²) in [5.41, 5.74) is 11.7. The van der Waals surface area contributed by atoms with Gasteiger partial charge in [0.25, 0.3) is 11.5 Å². The first-order valence-electron chi connectivity index (χ1n) is 12.5. The molecular weight excluding hydrogens is 480 g/mol. The Morgan fingerprint density at radius 1 is 1.08 bits per heavy atom. The van der Waals surface area contributed by atoms with E-state index in [4.69, 9.17) is 25.4 Å². The highest BCUT2D eigenvalue weighted by Gasteiger charge is 2.18. The van der Waals surface area contributed by atoms with E-state index >= 15 is 0 Å². The van der Waals surface area contributed by atoms with Gasteiger partial charge >= 0.3 is 0 Å². The predicted octanol–water partition coefficient (Wildman–Crippen LogP) is 4.88. The molecule has 0 atom stereocenters. The number of aromatic nitrogens is 3. The molecule has 0 aliphatic heterocycles. The molecule has 38 heavy (non-hydrogen) atoms. The van der Waals surface area contributed by atoms with E-state index in [2.05, 4.69) is 4.57 Å². The summed E-state index contributed by atoms with van der Waals surface area (Å²) in [6, 6.07) is 22.0. The fraction of sp³-hybridized carbons (Fsp3) is 0.233. The second kappa shape index (κ2) is 11.7. The summed E-state index contributed by atoms with van der Waals surface area (Å²) >= 11 is 0. The van der Waals surface area contributed by atoms with Crippen LogP contribution in [0.2, 0.25) is 0 Å². The molecule has 5 rings (SSSR count). The molecule has 0 aliphatic carbocycles. The van der Waals surface area contributed by atoms with Crippen LogP contribution < -0.4 is 16.0 Å². The lowest BCUT2D eigenvalue weighted by molar-refractivity contribution is -0.134. The number of ether oxygens (including phenoxy) is 1. The third kappa shape index (κ3) is 5.76. The fourth-order valence-corrected chi connectivity index (χ4v) is 4.52. The topological polar surface area (TPSA) is 112 Å². The first kappa shape index (κ1) is 26.6. The zero-order chi connectivity index (χ0) is 27.2. The lowest BCUT2D eigenvalue weighted by atomic mass is 10.1. The van der Waals surface area contributed by atoms with Gasteiger partial charge in [0, 0.05) is 43.2 Å². The van der Waals surface area contributed by atoms with Crippen LogP contribution in [0.1, 0.15) is 24.5 Å². The van der Waals surface area contributed by atoms with Gasteiger partial charge in [-0.2, -0.15) is 0 Å². The Labute approximate surface area is 220 Å². The molecule has 0 aliphatic rings. The highest BCUT2D eigenvalue weighted by atomic mass is 16.5. The van der Waals surface area contributed by atoms with Crippen LogP contribution in [0.3, 0.4) is 0 Å². The average Bonchev–Trinajstić information content (AvgIpc) is 3.26. The van der Waals surface area contributed by atoms with Crippen LogP contribution in [0.4, 0.5) is 0 Å². The Morgan fingerprint density at radius 3 is 2.53 bits per heavy atom. The number of para-hydroxylation sites is 1. The number of rotatable bonds is 7. The number of aliphatic carboxylic acids is 1. The predicted molar refractivity (Wildman–Crippen MR) is 150 cm³/mol. The van der Waals surface area contributed by atoms with Crippen molar-refractivity contribution in [3.05, 3.63) is 94.4 Å². The minimum atomic E-state index is -0.833. The second-order valence-electron chi connectivity index (χ2n) is 9.12. The maximum atomic E-state index is 13.4. The van der Waals surface area contributed by atoms with Gasteiger partial charge in [0.2, 0.25) is 0 Å². The van der Waals surface area contributed by atoms with Crippen molar-refractivity contribution in [1.29, 1.82) is 0 Å². The minimum Gasteiger partial charge on any atom is -0.489 e. The summed E-state index contributed by atoms with van der Waals surface area (Å²) < 4.78 is 9.94. The number of nitrogens with zero attached hydrogens (tertiary/aromatic N) is 3. The molecule has 196 valence electrons. The van der Waals surface area contributed by atoms with E-state index in [1.165, 1.54) is 0 Å². The Hall–Kier alpha value is -4.43. The van der Waals surface area contributed by atoms with Crippen LogP contribution in [0.15, 0.2) is 77.7 Å². The molecule has 0 bridgehead atoms. The van der Waals surface area contributed by atoms with Crippen molar-refractivity contribution in [3.8, 4) is 17.0 Å². The van der Waals surface area contributed by atoms with Crippen molar-refractivity contribution < 1.29 is 14.6 Å². The third-order valence-corrected chi connectivity index (χ3v) is 6.25. The number of carboxylic acid groups (broad SMARTS) is 1. The van der Waals surface area contributed by atoms with E-state index in [0.29, 0.717) is 18.8 Å². The number of aryl methyl sites for hydroxylation is 3. The van der Waals surface area contributed by atoms with Gasteiger partial charge in [-0.1, -0.05) is 42.5 Å². The fourth-order valence-electron chi connectivity index (χ4n) is 4.52. The number of fused-ring (bicyclic) bond motifs is 2. The van der Waals surface area contributed by atoms with Gasteiger partial charge in [-0.05, 0) is 55.3 Å². The number of carbonyl (C=O) groups is 1. The molecule has 0 amide bonds. The van der Waals surface area contributed by atoms with Gasteiger partial charge in [-0.15, -0.1) is 0 Å². The normalized spacial score (nSPS) is 10.8. The summed E-state index contributed by atoms with van der Waals surface area (Å²) in [5, 5.41) is 8.36. The molecule has 3 N–H and O–H groups in total. The summed E-state index contributed by atoms with van der Waals surface area (Å²) in [7, 11) is 1.81. The molecule has 2 heterocycles. The monoisotopic (exact) mass is 512 g/mol. The Morgan fingerprint density at radius 2 is 1.82 bits per heavy atom. The number of carboxylic acids is 1. The van der Waals surface area contributed by atoms with Crippen molar-refractivity contribution in [2.75, 3.05) is 6.54 Å². The van der Waals surface area contributed by atoms with Crippen molar-refractivity contribution >= 4 is 27.9 Å². The lowest BCUT2D eigenvalue weighted by Gasteiger charge is -2.10. The highest BCUT2D eigenvalue weighted by Crippen LogP contribution is 2.32. The van der Waals surface area contributed by atoms with E-state index in [-0.39, 0.29) is 5.56 Å². The average molecular weight is 513 g/mol. The maximum absolute atomic E-state index is 13.4. The smallest absolute Gasteiger partial charge is 0.300 e. The molecule has 5 aromatic rings. The van der Waals surface area contributed by atoms with E-state index < -0.39 is 5.97 Å². The van der Waals surface area contributed by atoms with E-state index in [1.54, 1.807) is 4.57 Å². The van der Waals surface area contributed by atoms with Gasteiger partial charge in [-0.3, -0.25) is 9.59 Å². The van der Waals surface area contributed by atoms with Crippen molar-refractivity contribution in [1.82, 2.24) is 14.1 Å². The lowest BCUT2D eigenvalue weighted by Crippen LogP contribution is -2.21. The maximum Gasteiger partial charge on any atom is 0.300 e. The number of hydrogen-bond donors (Lipinski definition) is 2. The van der Waals surface area contributed by atoms with Crippen LogP contribution in [0, 0.1) is 6.92 Å². The Kier molecular flexibility index (Phi) is 8.23. The minimum absolute atomic E-state index is 0.115. The SMILES string of the molecule is CC(=O)O.Cc1cccc2nc(-c3cn(CCCN)c4ccc(OCc5ccccc5)cc34)c(=O)n(C)c12. The van der Waals surface area contributed by atoms with Gasteiger partial charge < -0.3 is 24.7 Å². The van der Waals surface area contributed by atoms with Crippen molar-refractivity contribution in [3.63, 3.8) is 0 Å². The summed E-state index contributed by atoms with van der Waals surface area (Å²) in [4.78, 5) is 27.3.